The first-order valence-corrected chi connectivity index (χ1v) is 8.72. The van der Waals surface area contributed by atoms with Gasteiger partial charge in [0.1, 0.15) is 17.3 Å². The molecule has 0 N–H and O–H groups in total. The van der Waals surface area contributed by atoms with Gasteiger partial charge in [-0.1, -0.05) is 60.1 Å². The standard InChI is InChI=1S/C22H14ClFN2O/c23-18-12-6-5-11-17(18)21-25-20(14-15-8-4-7-13-19(15)24)22(27)26(21)16-9-2-1-3-10-16/h1-14H/b20-14+. The van der Waals surface area contributed by atoms with Gasteiger partial charge in [0.15, 0.2) is 0 Å². The van der Waals surface area contributed by atoms with Crippen molar-refractivity contribution in [2.24, 2.45) is 4.99 Å². The molecule has 0 bridgehead atoms. The van der Waals surface area contributed by atoms with Gasteiger partial charge in [-0.15, -0.1) is 0 Å². The summed E-state index contributed by atoms with van der Waals surface area (Å²) in [4.78, 5) is 19.1. The largest absolute Gasteiger partial charge is 0.282 e. The number of aliphatic imine (C=N–C) groups is 1. The van der Waals surface area contributed by atoms with E-state index in [1.54, 1.807) is 30.3 Å². The average molecular weight is 377 g/mol. The first-order chi connectivity index (χ1) is 13.1. The van der Waals surface area contributed by atoms with Crippen molar-refractivity contribution in [3.8, 4) is 0 Å². The number of hydrogen-bond acceptors (Lipinski definition) is 2. The molecule has 3 aromatic rings. The summed E-state index contributed by atoms with van der Waals surface area (Å²) in [6.07, 6.45) is 1.46. The van der Waals surface area contributed by atoms with E-state index in [1.807, 2.05) is 42.5 Å². The third-order valence-corrected chi connectivity index (χ3v) is 4.52. The predicted molar refractivity (Wildman–Crippen MR) is 106 cm³/mol. The second-order valence-electron chi connectivity index (χ2n) is 5.94. The van der Waals surface area contributed by atoms with Gasteiger partial charge in [-0.2, -0.15) is 0 Å². The molecule has 3 aromatic carbocycles. The zero-order valence-corrected chi connectivity index (χ0v) is 14.9. The molecule has 27 heavy (non-hydrogen) atoms. The average Bonchev–Trinajstić information content (AvgIpc) is 3.01. The summed E-state index contributed by atoms with van der Waals surface area (Å²) in [5.74, 6) is -0.329. The van der Waals surface area contributed by atoms with Crippen LogP contribution in [0.5, 0.6) is 0 Å². The van der Waals surface area contributed by atoms with E-state index in [0.29, 0.717) is 27.7 Å². The Kier molecular flexibility index (Phi) is 4.57. The summed E-state index contributed by atoms with van der Waals surface area (Å²) in [5.41, 5.74) is 1.75. The lowest BCUT2D eigenvalue weighted by atomic mass is 10.1. The van der Waals surface area contributed by atoms with Gasteiger partial charge in [0, 0.05) is 11.1 Å². The van der Waals surface area contributed by atoms with Crippen molar-refractivity contribution in [3.63, 3.8) is 0 Å². The number of rotatable bonds is 3. The van der Waals surface area contributed by atoms with Gasteiger partial charge in [-0.3, -0.25) is 9.69 Å². The van der Waals surface area contributed by atoms with Crippen LogP contribution >= 0.6 is 11.6 Å². The number of carbonyl (C=O) groups is 1. The van der Waals surface area contributed by atoms with E-state index in [-0.39, 0.29) is 11.6 Å². The number of anilines is 1. The first kappa shape index (κ1) is 17.2. The lowest BCUT2D eigenvalue weighted by Crippen LogP contribution is -2.32. The van der Waals surface area contributed by atoms with Crippen LogP contribution in [0, 0.1) is 5.82 Å². The second-order valence-corrected chi connectivity index (χ2v) is 6.35. The van der Waals surface area contributed by atoms with Gasteiger partial charge in [-0.25, -0.2) is 9.38 Å². The highest BCUT2D eigenvalue weighted by Crippen LogP contribution is 2.30. The monoisotopic (exact) mass is 376 g/mol. The number of nitrogens with zero attached hydrogens (tertiary/aromatic N) is 2. The lowest BCUT2D eigenvalue weighted by molar-refractivity contribution is -0.113. The Morgan fingerprint density at radius 3 is 2.30 bits per heavy atom. The third kappa shape index (κ3) is 3.27. The number of halogens is 2. The second kappa shape index (κ2) is 7.17. The molecule has 0 saturated heterocycles. The number of amidine groups is 1. The van der Waals surface area contributed by atoms with Crippen LogP contribution in [0.2, 0.25) is 5.02 Å². The quantitative estimate of drug-likeness (QED) is 0.570. The van der Waals surface area contributed by atoms with Crippen LogP contribution in [0.1, 0.15) is 11.1 Å². The minimum absolute atomic E-state index is 0.152. The highest BCUT2D eigenvalue weighted by Gasteiger charge is 2.33. The number of hydrogen-bond donors (Lipinski definition) is 0. The molecule has 3 nitrogen and oxygen atoms in total. The van der Waals surface area contributed by atoms with Crippen molar-refractivity contribution in [1.29, 1.82) is 0 Å². The van der Waals surface area contributed by atoms with Crippen LogP contribution in [0.3, 0.4) is 0 Å². The summed E-state index contributed by atoms with van der Waals surface area (Å²) in [6, 6.07) is 22.6. The molecule has 0 saturated carbocycles. The van der Waals surface area contributed by atoms with Gasteiger partial charge < -0.3 is 0 Å². The summed E-state index contributed by atoms with van der Waals surface area (Å²) in [6.45, 7) is 0. The van der Waals surface area contributed by atoms with Crippen molar-refractivity contribution in [2.75, 3.05) is 4.90 Å². The van der Waals surface area contributed by atoms with Crippen molar-refractivity contribution < 1.29 is 9.18 Å². The molecule has 0 aromatic heterocycles. The van der Waals surface area contributed by atoms with Crippen LogP contribution in [-0.2, 0) is 4.79 Å². The van der Waals surface area contributed by atoms with Crippen LogP contribution < -0.4 is 4.90 Å². The van der Waals surface area contributed by atoms with Crippen molar-refractivity contribution in [2.45, 2.75) is 0 Å². The van der Waals surface area contributed by atoms with E-state index in [0.717, 1.165) is 0 Å². The molecule has 0 atom stereocenters. The van der Waals surface area contributed by atoms with E-state index in [2.05, 4.69) is 4.99 Å². The molecule has 5 heteroatoms. The molecule has 0 spiro atoms. The Balaban J connectivity index is 1.87. The molecule has 1 aliphatic rings. The predicted octanol–water partition coefficient (Wildman–Crippen LogP) is 5.31. The van der Waals surface area contributed by atoms with E-state index < -0.39 is 5.82 Å². The highest BCUT2D eigenvalue weighted by atomic mass is 35.5. The Hall–Kier alpha value is -3.24. The van der Waals surface area contributed by atoms with Crippen molar-refractivity contribution >= 4 is 35.1 Å². The molecular weight excluding hydrogens is 363 g/mol. The van der Waals surface area contributed by atoms with Crippen LogP contribution in [0.4, 0.5) is 10.1 Å². The van der Waals surface area contributed by atoms with Crippen LogP contribution in [0.15, 0.2) is 89.6 Å². The summed E-state index contributed by atoms with van der Waals surface area (Å²) < 4.78 is 14.0. The zero-order chi connectivity index (χ0) is 18.8. The van der Waals surface area contributed by atoms with E-state index >= 15 is 0 Å². The minimum atomic E-state index is -0.412. The number of carbonyl (C=O) groups excluding carboxylic acids is 1. The van der Waals surface area contributed by atoms with Crippen LogP contribution in [-0.4, -0.2) is 11.7 Å². The molecule has 4 rings (SSSR count). The Labute approximate surface area is 161 Å². The molecule has 1 aliphatic heterocycles. The topological polar surface area (TPSA) is 32.7 Å². The lowest BCUT2D eigenvalue weighted by Gasteiger charge is -2.19. The molecule has 1 amide bonds. The molecule has 0 unspecified atom stereocenters. The summed E-state index contributed by atoms with van der Waals surface area (Å²) >= 11 is 6.34. The fraction of sp³-hybridized carbons (Fsp3) is 0. The van der Waals surface area contributed by atoms with Crippen molar-refractivity contribution in [1.82, 2.24) is 0 Å². The van der Waals surface area contributed by atoms with Gasteiger partial charge in [0.25, 0.3) is 5.91 Å². The highest BCUT2D eigenvalue weighted by molar-refractivity contribution is 6.39. The molecule has 0 radical (unpaired) electrons. The van der Waals surface area contributed by atoms with Gasteiger partial charge >= 0.3 is 0 Å². The summed E-state index contributed by atoms with van der Waals surface area (Å²) in [5, 5.41) is 0.483. The minimum Gasteiger partial charge on any atom is -0.266 e. The smallest absolute Gasteiger partial charge is 0.266 e. The van der Waals surface area contributed by atoms with Crippen LogP contribution in [0.25, 0.3) is 6.08 Å². The zero-order valence-electron chi connectivity index (χ0n) is 14.1. The molecule has 0 aliphatic carbocycles. The van der Waals surface area contributed by atoms with Gasteiger partial charge in [-0.05, 0) is 36.4 Å². The summed E-state index contributed by atoms with van der Waals surface area (Å²) in [7, 11) is 0. The molecule has 1 heterocycles. The maximum Gasteiger partial charge on any atom is 0.282 e. The van der Waals surface area contributed by atoms with E-state index in [4.69, 9.17) is 11.6 Å². The van der Waals surface area contributed by atoms with Gasteiger partial charge in [0.05, 0.1) is 10.7 Å². The number of benzene rings is 3. The van der Waals surface area contributed by atoms with Crippen molar-refractivity contribution in [3.05, 3.63) is 107 Å². The normalized spacial score (nSPS) is 15.3. The number of amides is 1. The Morgan fingerprint density at radius 1 is 0.889 bits per heavy atom. The first-order valence-electron chi connectivity index (χ1n) is 8.34. The molecule has 132 valence electrons. The molecular formula is C22H14ClFN2O. The SMILES string of the molecule is O=C1/C(=C\c2ccccc2F)N=C(c2ccccc2Cl)N1c1ccccc1. The van der Waals surface area contributed by atoms with E-state index in [1.165, 1.54) is 17.0 Å². The van der Waals surface area contributed by atoms with E-state index in [9.17, 15) is 9.18 Å². The maximum atomic E-state index is 14.0. The number of para-hydroxylation sites is 1. The fourth-order valence-corrected chi connectivity index (χ4v) is 3.12. The van der Waals surface area contributed by atoms with Gasteiger partial charge in [0.2, 0.25) is 0 Å². The Bertz CT molecular complexity index is 1080. The Morgan fingerprint density at radius 2 is 1.56 bits per heavy atom. The third-order valence-electron chi connectivity index (χ3n) is 4.19. The fourth-order valence-electron chi connectivity index (χ4n) is 2.90. The maximum absolute atomic E-state index is 14.0. The molecule has 0 fully saturated rings.